The van der Waals surface area contributed by atoms with Crippen molar-refractivity contribution in [3.8, 4) is 56.4 Å². The van der Waals surface area contributed by atoms with Gasteiger partial charge in [0, 0.05) is 16.7 Å². The Morgan fingerprint density at radius 2 is 0.688 bits per heavy atom. The summed E-state index contributed by atoms with van der Waals surface area (Å²) in [6.07, 6.45) is 0. The summed E-state index contributed by atoms with van der Waals surface area (Å²) in [4.78, 5) is 15.4. The smallest absolute Gasteiger partial charge is 0.164 e. The highest BCUT2D eigenvalue weighted by Crippen LogP contribution is 2.36. The number of hydrogen-bond donors (Lipinski definition) is 0. The Balaban J connectivity index is 1.21. The van der Waals surface area contributed by atoms with Gasteiger partial charge in [-0.3, -0.25) is 0 Å². The van der Waals surface area contributed by atoms with Crippen LogP contribution in [0.1, 0.15) is 0 Å². The largest absolute Gasteiger partial charge is 0.208 e. The summed E-state index contributed by atoms with van der Waals surface area (Å²) >= 11 is 0. The Bertz CT molecular complexity index is 2510. The molecule has 0 saturated heterocycles. The third-order valence-corrected chi connectivity index (χ3v) is 9.12. The normalized spacial score (nSPS) is 11.3. The Hall–Kier alpha value is -6.45. The van der Waals surface area contributed by atoms with Crippen molar-refractivity contribution >= 4 is 32.3 Å². The molecule has 1 heterocycles. The molecule has 0 unspecified atom stereocenters. The van der Waals surface area contributed by atoms with Crippen LogP contribution in [0.4, 0.5) is 0 Å². The first kappa shape index (κ1) is 27.8. The van der Waals surface area contributed by atoms with Crippen LogP contribution in [-0.2, 0) is 0 Å². The molecular weight excluding hydrogens is 583 g/mol. The molecule has 48 heavy (non-hydrogen) atoms. The number of aromatic nitrogens is 3. The number of fused-ring (bicyclic) bond motifs is 3. The van der Waals surface area contributed by atoms with E-state index in [0.29, 0.717) is 17.5 Å². The van der Waals surface area contributed by atoms with Crippen LogP contribution in [-0.4, -0.2) is 15.0 Å². The topological polar surface area (TPSA) is 38.7 Å². The molecule has 9 rings (SSSR count). The lowest BCUT2D eigenvalue weighted by atomic mass is 9.94. The van der Waals surface area contributed by atoms with E-state index in [0.717, 1.165) is 38.2 Å². The summed E-state index contributed by atoms with van der Waals surface area (Å²) in [6, 6.07) is 61.8. The van der Waals surface area contributed by atoms with Crippen molar-refractivity contribution in [1.29, 1.82) is 0 Å². The standard InChI is InChI=1S/C45H29N3/c1-2-10-30(11-3-1)33-20-24-34(25-21-33)39-16-8-18-41-40(39)17-9-19-42(41)45-47-43(37-26-22-31-12-4-6-14-35(31)28-37)46-44(48-45)38-27-23-32-13-5-7-15-36(32)29-38/h1-29H. The van der Waals surface area contributed by atoms with Gasteiger partial charge in [0.1, 0.15) is 0 Å². The highest BCUT2D eigenvalue weighted by atomic mass is 15.0. The van der Waals surface area contributed by atoms with Crippen molar-refractivity contribution in [2.45, 2.75) is 0 Å². The molecule has 0 bridgehead atoms. The summed E-state index contributed by atoms with van der Waals surface area (Å²) in [7, 11) is 0. The Labute approximate surface area is 278 Å². The molecule has 3 heteroatoms. The van der Waals surface area contributed by atoms with Crippen LogP contribution >= 0.6 is 0 Å². The zero-order valence-electron chi connectivity index (χ0n) is 26.1. The van der Waals surface area contributed by atoms with Crippen molar-refractivity contribution in [2.24, 2.45) is 0 Å². The van der Waals surface area contributed by atoms with Crippen molar-refractivity contribution < 1.29 is 0 Å². The first-order valence-electron chi connectivity index (χ1n) is 16.2. The molecule has 0 aliphatic heterocycles. The van der Waals surface area contributed by atoms with E-state index in [4.69, 9.17) is 15.0 Å². The van der Waals surface area contributed by atoms with Crippen molar-refractivity contribution in [3.05, 3.63) is 176 Å². The molecule has 0 aliphatic carbocycles. The fourth-order valence-corrected chi connectivity index (χ4v) is 6.64. The van der Waals surface area contributed by atoms with Gasteiger partial charge < -0.3 is 0 Å². The van der Waals surface area contributed by atoms with Gasteiger partial charge in [-0.2, -0.15) is 0 Å². The summed E-state index contributed by atoms with van der Waals surface area (Å²) in [5.41, 5.74) is 7.64. The van der Waals surface area contributed by atoms with E-state index >= 15 is 0 Å². The second-order valence-electron chi connectivity index (χ2n) is 12.1. The highest BCUT2D eigenvalue weighted by Gasteiger charge is 2.16. The van der Waals surface area contributed by atoms with E-state index in [-0.39, 0.29) is 0 Å². The monoisotopic (exact) mass is 611 g/mol. The Morgan fingerprint density at radius 3 is 1.29 bits per heavy atom. The predicted octanol–water partition coefficient (Wildman–Crippen LogP) is 11.7. The molecule has 0 aliphatic rings. The van der Waals surface area contributed by atoms with Gasteiger partial charge in [-0.1, -0.05) is 164 Å². The van der Waals surface area contributed by atoms with E-state index < -0.39 is 0 Å². The summed E-state index contributed by atoms with van der Waals surface area (Å²) in [6.45, 7) is 0. The first-order valence-corrected chi connectivity index (χ1v) is 16.2. The lowest BCUT2D eigenvalue weighted by Crippen LogP contribution is -2.01. The van der Waals surface area contributed by atoms with Crippen LogP contribution in [0.25, 0.3) is 88.7 Å². The maximum Gasteiger partial charge on any atom is 0.164 e. The average molecular weight is 612 g/mol. The number of nitrogens with zero attached hydrogens (tertiary/aromatic N) is 3. The van der Waals surface area contributed by atoms with Crippen LogP contribution in [0, 0.1) is 0 Å². The molecule has 0 atom stereocenters. The van der Waals surface area contributed by atoms with Crippen LogP contribution < -0.4 is 0 Å². The first-order chi connectivity index (χ1) is 23.8. The van der Waals surface area contributed by atoms with Crippen LogP contribution in [0.15, 0.2) is 176 Å². The molecule has 0 radical (unpaired) electrons. The quantitative estimate of drug-likeness (QED) is 0.194. The van der Waals surface area contributed by atoms with Gasteiger partial charge >= 0.3 is 0 Å². The Morgan fingerprint density at radius 1 is 0.250 bits per heavy atom. The minimum atomic E-state index is 0.651. The van der Waals surface area contributed by atoms with Crippen molar-refractivity contribution in [1.82, 2.24) is 15.0 Å². The van der Waals surface area contributed by atoms with Crippen molar-refractivity contribution in [3.63, 3.8) is 0 Å². The third-order valence-electron chi connectivity index (χ3n) is 9.12. The molecular formula is C45H29N3. The molecule has 0 amide bonds. The minimum Gasteiger partial charge on any atom is -0.208 e. The summed E-state index contributed by atoms with van der Waals surface area (Å²) < 4.78 is 0. The molecule has 0 saturated carbocycles. The molecule has 0 spiro atoms. The van der Waals surface area contributed by atoms with E-state index in [2.05, 4.69) is 170 Å². The second-order valence-corrected chi connectivity index (χ2v) is 12.1. The second kappa shape index (κ2) is 11.7. The van der Waals surface area contributed by atoms with Gasteiger partial charge in [0.2, 0.25) is 0 Å². The number of hydrogen-bond acceptors (Lipinski definition) is 3. The average Bonchev–Trinajstić information content (AvgIpc) is 3.17. The van der Waals surface area contributed by atoms with Gasteiger partial charge in [-0.15, -0.1) is 0 Å². The van der Waals surface area contributed by atoms with Gasteiger partial charge in [0.05, 0.1) is 0 Å². The molecule has 0 N–H and O–H groups in total. The predicted molar refractivity (Wildman–Crippen MR) is 200 cm³/mol. The van der Waals surface area contributed by atoms with E-state index in [1.165, 1.54) is 33.0 Å². The third kappa shape index (κ3) is 5.08. The number of benzene rings is 8. The highest BCUT2D eigenvalue weighted by molar-refractivity contribution is 6.04. The molecule has 8 aromatic carbocycles. The van der Waals surface area contributed by atoms with E-state index in [1.807, 2.05) is 6.07 Å². The Kier molecular flexibility index (Phi) is 6.80. The van der Waals surface area contributed by atoms with Crippen molar-refractivity contribution in [2.75, 3.05) is 0 Å². The van der Waals surface area contributed by atoms with Crippen LogP contribution in [0.5, 0.6) is 0 Å². The molecule has 3 nitrogen and oxygen atoms in total. The van der Waals surface area contributed by atoms with Crippen LogP contribution in [0.3, 0.4) is 0 Å². The molecule has 0 fully saturated rings. The fourth-order valence-electron chi connectivity index (χ4n) is 6.64. The number of rotatable bonds is 5. The maximum absolute atomic E-state index is 5.14. The van der Waals surface area contributed by atoms with Gasteiger partial charge in [-0.05, 0) is 66.7 Å². The summed E-state index contributed by atoms with van der Waals surface area (Å²) in [5, 5.41) is 6.92. The minimum absolute atomic E-state index is 0.651. The lowest BCUT2D eigenvalue weighted by molar-refractivity contribution is 1.08. The van der Waals surface area contributed by atoms with E-state index in [9.17, 15) is 0 Å². The SMILES string of the molecule is c1ccc(-c2ccc(-c3cccc4c(-c5nc(-c6ccc7ccccc7c6)nc(-c6ccc7ccccc7c6)n5)cccc34)cc2)cc1. The lowest BCUT2D eigenvalue weighted by Gasteiger charge is -2.13. The van der Waals surface area contributed by atoms with Gasteiger partial charge in [0.15, 0.2) is 17.5 Å². The zero-order valence-corrected chi connectivity index (χ0v) is 26.1. The molecule has 224 valence electrons. The van der Waals surface area contributed by atoms with Crippen LogP contribution in [0.2, 0.25) is 0 Å². The van der Waals surface area contributed by atoms with E-state index in [1.54, 1.807) is 0 Å². The summed E-state index contributed by atoms with van der Waals surface area (Å²) in [5.74, 6) is 1.95. The van der Waals surface area contributed by atoms with Gasteiger partial charge in [0.25, 0.3) is 0 Å². The van der Waals surface area contributed by atoms with Gasteiger partial charge in [-0.25, -0.2) is 15.0 Å². The maximum atomic E-state index is 5.14. The molecule has 9 aromatic rings. The molecule has 1 aromatic heterocycles. The zero-order chi connectivity index (χ0) is 31.9. The fraction of sp³-hybridized carbons (Fsp3) is 0.